The van der Waals surface area contributed by atoms with Crippen molar-refractivity contribution < 1.29 is 26.3 Å². The lowest BCUT2D eigenvalue weighted by atomic mass is 10.1. The highest BCUT2D eigenvalue weighted by atomic mass is 19.4. The SMILES string of the molecule is CCNCC(C)NCC(C(F)(F)F)C(F)(F)F. The first kappa shape index (κ1) is 16.5. The standard InChI is InChI=1S/C9H16F6N2/c1-3-16-4-6(2)17-5-7(8(10,11)12)9(13,14)15/h6-7,16-17H,3-5H2,1-2H3. The Bertz CT molecular complexity index is 199. The molecule has 0 rings (SSSR count). The van der Waals surface area contributed by atoms with Gasteiger partial charge in [-0.15, -0.1) is 0 Å². The van der Waals surface area contributed by atoms with Crippen LogP contribution in [0.4, 0.5) is 26.3 Å². The van der Waals surface area contributed by atoms with Crippen LogP contribution in [-0.2, 0) is 0 Å². The van der Waals surface area contributed by atoms with E-state index in [0.29, 0.717) is 13.1 Å². The first-order valence-corrected chi connectivity index (χ1v) is 5.16. The molecule has 0 bridgehead atoms. The molecule has 0 aliphatic carbocycles. The highest BCUT2D eigenvalue weighted by Crippen LogP contribution is 2.38. The third kappa shape index (κ3) is 6.72. The lowest BCUT2D eigenvalue weighted by Crippen LogP contribution is -2.47. The van der Waals surface area contributed by atoms with Crippen molar-refractivity contribution in [2.45, 2.75) is 32.2 Å². The van der Waals surface area contributed by atoms with Gasteiger partial charge in [-0.25, -0.2) is 0 Å². The van der Waals surface area contributed by atoms with Crippen LogP contribution >= 0.6 is 0 Å². The molecule has 17 heavy (non-hydrogen) atoms. The van der Waals surface area contributed by atoms with Gasteiger partial charge < -0.3 is 10.6 Å². The first-order chi connectivity index (χ1) is 7.59. The molecule has 0 aliphatic rings. The van der Waals surface area contributed by atoms with Crippen molar-refractivity contribution in [2.24, 2.45) is 5.92 Å². The summed E-state index contributed by atoms with van der Waals surface area (Å²) >= 11 is 0. The van der Waals surface area contributed by atoms with E-state index >= 15 is 0 Å². The Morgan fingerprint density at radius 3 is 1.76 bits per heavy atom. The number of likely N-dealkylation sites (N-methyl/N-ethyl adjacent to an activating group) is 1. The average Bonchev–Trinajstić information content (AvgIpc) is 2.10. The van der Waals surface area contributed by atoms with Gasteiger partial charge in [0.2, 0.25) is 0 Å². The molecule has 8 heteroatoms. The molecule has 1 unspecified atom stereocenters. The molecule has 0 saturated carbocycles. The van der Waals surface area contributed by atoms with E-state index in [4.69, 9.17) is 0 Å². The number of rotatable bonds is 6. The molecule has 2 N–H and O–H groups in total. The van der Waals surface area contributed by atoms with E-state index < -0.39 is 30.9 Å². The summed E-state index contributed by atoms with van der Waals surface area (Å²) in [6.07, 6.45) is -10.5. The summed E-state index contributed by atoms with van der Waals surface area (Å²) in [5.41, 5.74) is 0. The van der Waals surface area contributed by atoms with Crippen LogP contribution < -0.4 is 10.6 Å². The molecule has 0 fully saturated rings. The van der Waals surface area contributed by atoms with Crippen LogP contribution in [0.3, 0.4) is 0 Å². The fraction of sp³-hybridized carbons (Fsp3) is 1.00. The molecule has 0 aromatic rings. The second-order valence-corrected chi connectivity index (χ2v) is 3.75. The molecule has 0 amide bonds. The third-order valence-corrected chi connectivity index (χ3v) is 2.16. The Hall–Kier alpha value is -0.500. The Morgan fingerprint density at radius 2 is 1.41 bits per heavy atom. The van der Waals surface area contributed by atoms with Gasteiger partial charge in [0.25, 0.3) is 0 Å². The van der Waals surface area contributed by atoms with E-state index in [1.807, 2.05) is 0 Å². The summed E-state index contributed by atoms with van der Waals surface area (Å²) in [7, 11) is 0. The van der Waals surface area contributed by atoms with Crippen molar-refractivity contribution in [3.05, 3.63) is 0 Å². The molecule has 0 aliphatic heterocycles. The van der Waals surface area contributed by atoms with Crippen molar-refractivity contribution >= 4 is 0 Å². The predicted octanol–water partition coefficient (Wildman–Crippen LogP) is 2.31. The lowest BCUT2D eigenvalue weighted by Gasteiger charge is -2.25. The van der Waals surface area contributed by atoms with Crippen LogP contribution in [0.2, 0.25) is 0 Å². The van der Waals surface area contributed by atoms with Crippen LogP contribution in [0, 0.1) is 5.92 Å². The number of alkyl halides is 6. The summed E-state index contributed by atoms with van der Waals surface area (Å²) in [5.74, 6) is -3.32. The van der Waals surface area contributed by atoms with Gasteiger partial charge in [-0.3, -0.25) is 0 Å². The molecule has 2 nitrogen and oxygen atoms in total. The van der Waals surface area contributed by atoms with Gasteiger partial charge in [0.1, 0.15) is 0 Å². The number of halogens is 6. The Labute approximate surface area is 95.8 Å². The fourth-order valence-corrected chi connectivity index (χ4v) is 1.17. The highest BCUT2D eigenvalue weighted by Gasteiger charge is 2.56. The molecule has 0 spiro atoms. The second kappa shape index (κ2) is 6.44. The van der Waals surface area contributed by atoms with Gasteiger partial charge in [0.05, 0.1) is 0 Å². The van der Waals surface area contributed by atoms with Crippen LogP contribution in [0.15, 0.2) is 0 Å². The third-order valence-electron chi connectivity index (χ3n) is 2.16. The number of hydrogen-bond donors (Lipinski definition) is 2. The maximum atomic E-state index is 12.1. The molecule has 0 aromatic heterocycles. The average molecular weight is 266 g/mol. The molecular weight excluding hydrogens is 250 g/mol. The van der Waals surface area contributed by atoms with E-state index in [2.05, 4.69) is 10.6 Å². The van der Waals surface area contributed by atoms with Gasteiger partial charge >= 0.3 is 12.4 Å². The van der Waals surface area contributed by atoms with Gasteiger partial charge in [0, 0.05) is 19.1 Å². The van der Waals surface area contributed by atoms with E-state index in [-0.39, 0.29) is 0 Å². The molecule has 0 heterocycles. The summed E-state index contributed by atoms with van der Waals surface area (Å²) in [6, 6.07) is -0.456. The molecule has 0 saturated heterocycles. The molecule has 0 radical (unpaired) electrons. The summed E-state index contributed by atoms with van der Waals surface area (Å²) in [6.45, 7) is 3.08. The van der Waals surface area contributed by atoms with Crippen molar-refractivity contribution in [3.8, 4) is 0 Å². The van der Waals surface area contributed by atoms with E-state index in [0.717, 1.165) is 0 Å². The van der Waals surface area contributed by atoms with Crippen LogP contribution in [0.1, 0.15) is 13.8 Å². The number of hydrogen-bond acceptors (Lipinski definition) is 2. The summed E-state index contributed by atoms with van der Waals surface area (Å²) < 4.78 is 72.9. The van der Waals surface area contributed by atoms with Crippen molar-refractivity contribution in [3.63, 3.8) is 0 Å². The zero-order chi connectivity index (χ0) is 13.7. The maximum Gasteiger partial charge on any atom is 0.401 e. The minimum atomic E-state index is -5.27. The van der Waals surface area contributed by atoms with Crippen molar-refractivity contribution in [2.75, 3.05) is 19.6 Å². The summed E-state index contributed by atoms with van der Waals surface area (Å²) in [5, 5.41) is 5.05. The van der Waals surface area contributed by atoms with E-state index in [9.17, 15) is 26.3 Å². The minimum Gasteiger partial charge on any atom is -0.315 e. The van der Waals surface area contributed by atoms with Crippen LogP contribution in [-0.4, -0.2) is 38.0 Å². The normalized spacial score (nSPS) is 15.4. The number of nitrogens with one attached hydrogen (secondary N) is 2. The Morgan fingerprint density at radius 1 is 0.941 bits per heavy atom. The van der Waals surface area contributed by atoms with Crippen molar-refractivity contribution in [1.29, 1.82) is 0 Å². The Kier molecular flexibility index (Phi) is 6.25. The molecule has 104 valence electrons. The zero-order valence-corrected chi connectivity index (χ0v) is 9.54. The second-order valence-electron chi connectivity index (χ2n) is 3.75. The monoisotopic (exact) mass is 266 g/mol. The highest BCUT2D eigenvalue weighted by molar-refractivity contribution is 4.79. The van der Waals surface area contributed by atoms with Gasteiger partial charge in [0.15, 0.2) is 5.92 Å². The minimum absolute atomic E-state index is 0.318. The van der Waals surface area contributed by atoms with Crippen LogP contribution in [0.25, 0.3) is 0 Å². The fourth-order valence-electron chi connectivity index (χ4n) is 1.17. The molecule has 1 atom stereocenters. The van der Waals surface area contributed by atoms with Crippen LogP contribution in [0.5, 0.6) is 0 Å². The van der Waals surface area contributed by atoms with Gasteiger partial charge in [-0.1, -0.05) is 6.92 Å². The first-order valence-electron chi connectivity index (χ1n) is 5.16. The summed E-state index contributed by atoms with van der Waals surface area (Å²) in [4.78, 5) is 0. The van der Waals surface area contributed by atoms with Crippen molar-refractivity contribution in [1.82, 2.24) is 10.6 Å². The smallest absolute Gasteiger partial charge is 0.315 e. The largest absolute Gasteiger partial charge is 0.401 e. The van der Waals surface area contributed by atoms with E-state index in [1.165, 1.54) is 6.92 Å². The molecular formula is C9H16F6N2. The zero-order valence-electron chi connectivity index (χ0n) is 9.54. The molecule has 0 aromatic carbocycles. The van der Waals surface area contributed by atoms with Gasteiger partial charge in [-0.05, 0) is 13.5 Å². The maximum absolute atomic E-state index is 12.1. The quantitative estimate of drug-likeness (QED) is 0.721. The lowest BCUT2D eigenvalue weighted by molar-refractivity contribution is -0.282. The predicted molar refractivity (Wildman–Crippen MR) is 51.6 cm³/mol. The Balaban J connectivity index is 4.29. The van der Waals surface area contributed by atoms with E-state index in [1.54, 1.807) is 6.92 Å². The van der Waals surface area contributed by atoms with Gasteiger partial charge in [-0.2, -0.15) is 26.3 Å². The topological polar surface area (TPSA) is 24.1 Å².